The summed E-state index contributed by atoms with van der Waals surface area (Å²) >= 11 is 0. The van der Waals surface area contributed by atoms with Gasteiger partial charge in [0.25, 0.3) is 0 Å². The maximum Gasteiger partial charge on any atom is 0.417 e. The first-order valence-electron chi connectivity index (χ1n) is 5.86. The first kappa shape index (κ1) is 16.1. The molecule has 0 amide bonds. The molecule has 0 saturated heterocycles. The highest BCUT2D eigenvalue weighted by atomic mass is 16.6. The molecule has 100 valence electrons. The van der Waals surface area contributed by atoms with Gasteiger partial charge in [0, 0.05) is 12.4 Å². The fourth-order valence-electron chi connectivity index (χ4n) is 0.949. The van der Waals surface area contributed by atoms with Crippen LogP contribution in [-0.4, -0.2) is 23.0 Å². The van der Waals surface area contributed by atoms with E-state index in [9.17, 15) is 9.59 Å². The van der Waals surface area contributed by atoms with E-state index in [1.807, 2.05) is 13.8 Å². The molecule has 0 bridgehead atoms. The van der Waals surface area contributed by atoms with Crippen molar-refractivity contribution >= 4 is 11.9 Å². The lowest BCUT2D eigenvalue weighted by Gasteiger charge is -2.07. The number of hydrogen-bond acceptors (Lipinski definition) is 5. The zero-order chi connectivity index (χ0) is 14.0. The summed E-state index contributed by atoms with van der Waals surface area (Å²) in [6, 6.07) is 3.39. The molecule has 0 radical (unpaired) electrons. The Labute approximate surface area is 107 Å². The number of rotatable bonds is 3. The van der Waals surface area contributed by atoms with Crippen molar-refractivity contribution in [2.75, 3.05) is 0 Å². The van der Waals surface area contributed by atoms with Crippen LogP contribution in [0.15, 0.2) is 24.5 Å². The van der Waals surface area contributed by atoms with Crippen molar-refractivity contribution in [1.82, 2.24) is 4.98 Å². The molecular formula is C13H19NO4. The van der Waals surface area contributed by atoms with Crippen molar-refractivity contribution in [3.63, 3.8) is 0 Å². The van der Waals surface area contributed by atoms with E-state index < -0.39 is 11.9 Å². The van der Waals surface area contributed by atoms with Gasteiger partial charge in [-0.1, -0.05) is 13.8 Å². The third-order valence-electron chi connectivity index (χ3n) is 1.63. The van der Waals surface area contributed by atoms with Gasteiger partial charge in [-0.3, -0.25) is 4.98 Å². The highest BCUT2D eigenvalue weighted by Crippen LogP contribution is 2.00. The molecule has 0 saturated carbocycles. The van der Waals surface area contributed by atoms with Gasteiger partial charge in [0.2, 0.25) is 0 Å². The number of ether oxygens (including phenoxy) is 2. The molecule has 0 aromatic carbocycles. The second kappa shape index (κ2) is 9.15. The van der Waals surface area contributed by atoms with E-state index in [1.54, 1.807) is 38.4 Å². The number of esters is 2. The average Bonchev–Trinajstić information content (AvgIpc) is 2.38. The predicted octanol–water partition coefficient (Wildman–Crippen LogP) is 2.10. The fourth-order valence-corrected chi connectivity index (χ4v) is 0.949. The van der Waals surface area contributed by atoms with Crippen LogP contribution in [-0.2, 0) is 25.7 Å². The molecule has 0 aliphatic heterocycles. The topological polar surface area (TPSA) is 65.5 Å². The minimum absolute atomic E-state index is 0.0363. The van der Waals surface area contributed by atoms with E-state index in [4.69, 9.17) is 4.74 Å². The van der Waals surface area contributed by atoms with Crippen molar-refractivity contribution < 1.29 is 19.1 Å². The Balaban J connectivity index is 0.00000137. The van der Waals surface area contributed by atoms with E-state index >= 15 is 0 Å². The molecule has 1 aromatic rings. The minimum atomic E-state index is -0.981. The van der Waals surface area contributed by atoms with Crippen molar-refractivity contribution in [3.8, 4) is 0 Å². The molecule has 0 spiro atoms. The Kier molecular flexibility index (Phi) is 8.18. The number of carbonyl (C=O) groups excluding carboxylic acids is 2. The Morgan fingerprint density at radius 2 is 1.72 bits per heavy atom. The van der Waals surface area contributed by atoms with Crippen molar-refractivity contribution in [2.24, 2.45) is 0 Å². The Hall–Kier alpha value is -1.91. The molecule has 1 aromatic heterocycles. The van der Waals surface area contributed by atoms with E-state index in [0.29, 0.717) is 0 Å². The molecule has 0 atom stereocenters. The van der Waals surface area contributed by atoms with Crippen LogP contribution in [0.3, 0.4) is 0 Å². The van der Waals surface area contributed by atoms with Gasteiger partial charge in [0.05, 0.1) is 6.10 Å². The molecule has 5 heteroatoms. The van der Waals surface area contributed by atoms with Gasteiger partial charge in [-0.15, -0.1) is 0 Å². The minimum Gasteiger partial charge on any atom is -0.455 e. The van der Waals surface area contributed by atoms with Crippen LogP contribution >= 0.6 is 0 Å². The molecule has 18 heavy (non-hydrogen) atoms. The lowest BCUT2D eigenvalue weighted by molar-refractivity contribution is -0.170. The van der Waals surface area contributed by atoms with Crippen LogP contribution in [0.2, 0.25) is 0 Å². The summed E-state index contributed by atoms with van der Waals surface area (Å²) in [4.78, 5) is 26.0. The second-order valence-corrected chi connectivity index (χ2v) is 3.39. The lowest BCUT2D eigenvalue weighted by atomic mass is 10.3. The first-order chi connectivity index (χ1) is 8.59. The molecule has 0 N–H and O–H groups in total. The number of carbonyl (C=O) groups is 2. The highest BCUT2D eigenvalue weighted by Gasteiger charge is 2.18. The van der Waals surface area contributed by atoms with Gasteiger partial charge >= 0.3 is 11.9 Å². The number of hydrogen-bond donors (Lipinski definition) is 0. The molecule has 1 rings (SSSR count). The van der Waals surface area contributed by atoms with E-state index in [2.05, 4.69) is 9.72 Å². The van der Waals surface area contributed by atoms with Crippen LogP contribution in [0.4, 0.5) is 0 Å². The van der Waals surface area contributed by atoms with E-state index in [-0.39, 0.29) is 12.7 Å². The van der Waals surface area contributed by atoms with Gasteiger partial charge in [0.1, 0.15) is 6.61 Å². The summed E-state index contributed by atoms with van der Waals surface area (Å²) in [5, 5.41) is 0. The van der Waals surface area contributed by atoms with Gasteiger partial charge in [-0.2, -0.15) is 0 Å². The molecule has 1 heterocycles. The van der Waals surface area contributed by atoms with Crippen LogP contribution in [0.5, 0.6) is 0 Å². The van der Waals surface area contributed by atoms with Gasteiger partial charge < -0.3 is 9.47 Å². The third kappa shape index (κ3) is 6.62. The molecule has 5 nitrogen and oxygen atoms in total. The summed E-state index contributed by atoms with van der Waals surface area (Å²) in [6.07, 6.45) is 2.83. The van der Waals surface area contributed by atoms with E-state index in [0.717, 1.165) is 5.56 Å². The monoisotopic (exact) mass is 253 g/mol. The normalized spacial score (nSPS) is 9.17. The summed E-state index contributed by atoms with van der Waals surface area (Å²) < 4.78 is 9.42. The molecule has 0 aliphatic carbocycles. The van der Waals surface area contributed by atoms with Crippen molar-refractivity contribution in [2.45, 2.75) is 40.4 Å². The molecule has 0 unspecified atom stereocenters. The van der Waals surface area contributed by atoms with Crippen LogP contribution in [0, 0.1) is 0 Å². The Morgan fingerprint density at radius 3 is 2.22 bits per heavy atom. The fraction of sp³-hybridized carbons (Fsp3) is 0.462. The maximum atomic E-state index is 11.1. The molecule has 0 fully saturated rings. The van der Waals surface area contributed by atoms with E-state index in [1.165, 1.54) is 0 Å². The third-order valence-corrected chi connectivity index (χ3v) is 1.63. The lowest BCUT2D eigenvalue weighted by Crippen LogP contribution is -2.23. The summed E-state index contributed by atoms with van der Waals surface area (Å²) in [7, 11) is 0. The quantitative estimate of drug-likeness (QED) is 0.609. The van der Waals surface area contributed by atoms with Gasteiger partial charge in [0.15, 0.2) is 0 Å². The first-order valence-corrected chi connectivity index (χ1v) is 5.86. The predicted molar refractivity (Wildman–Crippen MR) is 66.6 cm³/mol. The summed E-state index contributed by atoms with van der Waals surface area (Å²) in [5.74, 6) is -1.95. The average molecular weight is 253 g/mol. The summed E-state index contributed by atoms with van der Waals surface area (Å²) in [6.45, 7) is 7.36. The zero-order valence-corrected chi connectivity index (χ0v) is 11.2. The molecule has 0 aliphatic rings. The van der Waals surface area contributed by atoms with Gasteiger partial charge in [-0.25, -0.2) is 9.59 Å². The number of pyridine rings is 1. The SMILES string of the molecule is CC.CC(C)OC(=O)C(=O)OCc1ccncc1. The van der Waals surface area contributed by atoms with Crippen LogP contribution < -0.4 is 0 Å². The summed E-state index contributed by atoms with van der Waals surface area (Å²) in [5.41, 5.74) is 0.765. The van der Waals surface area contributed by atoms with Crippen molar-refractivity contribution in [1.29, 1.82) is 0 Å². The van der Waals surface area contributed by atoms with Gasteiger partial charge in [-0.05, 0) is 31.5 Å². The Morgan fingerprint density at radius 1 is 1.17 bits per heavy atom. The Bertz CT molecular complexity index is 363. The van der Waals surface area contributed by atoms with Crippen LogP contribution in [0.1, 0.15) is 33.3 Å². The second-order valence-electron chi connectivity index (χ2n) is 3.39. The smallest absolute Gasteiger partial charge is 0.417 e. The largest absolute Gasteiger partial charge is 0.455 e. The molecular weight excluding hydrogens is 234 g/mol. The van der Waals surface area contributed by atoms with Crippen molar-refractivity contribution in [3.05, 3.63) is 30.1 Å². The van der Waals surface area contributed by atoms with Crippen LogP contribution in [0.25, 0.3) is 0 Å². The number of nitrogens with zero attached hydrogens (tertiary/aromatic N) is 1. The maximum absolute atomic E-state index is 11.1. The number of aromatic nitrogens is 1. The standard InChI is InChI=1S/C11H13NO4.C2H6/c1-8(2)16-11(14)10(13)15-7-9-3-5-12-6-4-9;1-2/h3-6,8H,7H2,1-2H3;1-2H3. The zero-order valence-electron chi connectivity index (χ0n) is 11.2. The highest BCUT2D eigenvalue weighted by molar-refractivity contribution is 6.29.